The van der Waals surface area contributed by atoms with Crippen molar-refractivity contribution in [2.45, 2.75) is 0 Å². The monoisotopic (exact) mass is 293 g/mol. The van der Waals surface area contributed by atoms with Gasteiger partial charge in [-0.25, -0.2) is 4.79 Å². The minimum absolute atomic E-state index is 0.323. The van der Waals surface area contributed by atoms with Crippen molar-refractivity contribution in [1.82, 2.24) is 19.9 Å². The Hall–Kier alpha value is -3.15. The zero-order chi connectivity index (χ0) is 15.2. The molecule has 0 spiro atoms. The van der Waals surface area contributed by atoms with E-state index in [0.29, 0.717) is 18.1 Å². The third-order valence-corrected chi connectivity index (χ3v) is 3.03. The molecule has 6 heteroatoms. The second-order valence-electron chi connectivity index (χ2n) is 4.60. The molecule has 2 amide bonds. The summed E-state index contributed by atoms with van der Waals surface area (Å²) in [6.45, 7) is 0.428. The van der Waals surface area contributed by atoms with Gasteiger partial charge in [0.1, 0.15) is 0 Å². The van der Waals surface area contributed by atoms with Gasteiger partial charge in [-0.3, -0.25) is 9.72 Å². The predicted molar refractivity (Wildman–Crippen MR) is 85.5 cm³/mol. The van der Waals surface area contributed by atoms with E-state index >= 15 is 0 Å². The van der Waals surface area contributed by atoms with Gasteiger partial charge in [-0.2, -0.15) is 0 Å². The molecule has 0 fully saturated rings. The van der Waals surface area contributed by atoms with Gasteiger partial charge in [-0.05, 0) is 17.7 Å². The summed E-state index contributed by atoms with van der Waals surface area (Å²) in [7, 11) is 0. The normalized spacial score (nSPS) is 10.9. The summed E-state index contributed by atoms with van der Waals surface area (Å²) in [5, 5.41) is 13.3. The highest BCUT2D eigenvalue weighted by atomic mass is 16.2. The second-order valence-corrected chi connectivity index (χ2v) is 4.60. The molecule has 2 aromatic heterocycles. The number of carbonyl (C=O) groups excluding carboxylic acids is 1. The van der Waals surface area contributed by atoms with Crippen molar-refractivity contribution >= 4 is 23.7 Å². The molecule has 1 aromatic carbocycles. The number of hydrogen-bond donors (Lipinski definition) is 2. The molecule has 3 rings (SSSR count). The SMILES string of the molecule is O=C(NC/C=C\c1ccccc1)Nc1nnc2ccccn12. The molecular formula is C16H15N5O. The maximum Gasteiger partial charge on any atom is 0.321 e. The Labute approximate surface area is 127 Å². The number of anilines is 1. The van der Waals surface area contributed by atoms with Gasteiger partial charge in [-0.15, -0.1) is 10.2 Å². The lowest BCUT2D eigenvalue weighted by Gasteiger charge is -2.03. The topological polar surface area (TPSA) is 71.3 Å². The number of urea groups is 1. The molecule has 0 saturated heterocycles. The van der Waals surface area contributed by atoms with Crippen LogP contribution in [0.3, 0.4) is 0 Å². The maximum absolute atomic E-state index is 11.8. The molecule has 0 radical (unpaired) electrons. The molecule has 3 aromatic rings. The third kappa shape index (κ3) is 3.29. The van der Waals surface area contributed by atoms with Crippen molar-refractivity contribution in [2.75, 3.05) is 11.9 Å². The van der Waals surface area contributed by atoms with Gasteiger partial charge in [-0.1, -0.05) is 48.6 Å². The lowest BCUT2D eigenvalue weighted by atomic mass is 10.2. The van der Waals surface area contributed by atoms with Crippen LogP contribution in [0.2, 0.25) is 0 Å². The van der Waals surface area contributed by atoms with E-state index in [1.54, 1.807) is 10.6 Å². The van der Waals surface area contributed by atoms with Crippen LogP contribution in [0.1, 0.15) is 5.56 Å². The zero-order valence-corrected chi connectivity index (χ0v) is 11.8. The first-order chi connectivity index (χ1) is 10.8. The van der Waals surface area contributed by atoms with Crippen molar-refractivity contribution in [3.63, 3.8) is 0 Å². The van der Waals surface area contributed by atoms with Gasteiger partial charge < -0.3 is 5.32 Å². The number of pyridine rings is 1. The van der Waals surface area contributed by atoms with Crippen molar-refractivity contribution in [2.24, 2.45) is 0 Å². The Bertz CT molecular complexity index is 794. The van der Waals surface area contributed by atoms with Crippen molar-refractivity contribution < 1.29 is 4.79 Å². The highest BCUT2D eigenvalue weighted by Crippen LogP contribution is 2.06. The van der Waals surface area contributed by atoms with Gasteiger partial charge in [0.15, 0.2) is 5.65 Å². The molecule has 0 atom stereocenters. The minimum Gasteiger partial charge on any atom is -0.334 e. The van der Waals surface area contributed by atoms with Crippen molar-refractivity contribution in [3.8, 4) is 0 Å². The highest BCUT2D eigenvalue weighted by molar-refractivity contribution is 5.87. The first-order valence-electron chi connectivity index (χ1n) is 6.89. The predicted octanol–water partition coefficient (Wildman–Crippen LogP) is 2.56. The Balaban J connectivity index is 1.54. The van der Waals surface area contributed by atoms with Crippen LogP contribution in [0.15, 0.2) is 60.8 Å². The lowest BCUT2D eigenvalue weighted by molar-refractivity contribution is 0.253. The standard InChI is InChI=1S/C16H15N5O/c22-16(17-11-6-9-13-7-2-1-3-8-13)18-15-20-19-14-10-4-5-12-21(14)15/h1-10,12H,11H2,(H2,17,18,20,22)/b9-6-. The number of amides is 2. The maximum atomic E-state index is 11.8. The molecule has 6 nitrogen and oxygen atoms in total. The van der Waals surface area contributed by atoms with Gasteiger partial charge in [0.25, 0.3) is 0 Å². The number of nitrogens with zero attached hydrogens (tertiary/aromatic N) is 3. The number of benzene rings is 1. The number of nitrogens with one attached hydrogen (secondary N) is 2. The Morgan fingerprint density at radius 2 is 1.91 bits per heavy atom. The van der Waals surface area contributed by atoms with Crippen LogP contribution in [0.25, 0.3) is 11.7 Å². The average molecular weight is 293 g/mol. The van der Waals surface area contributed by atoms with Crippen molar-refractivity contribution in [1.29, 1.82) is 0 Å². The summed E-state index contributed by atoms with van der Waals surface area (Å²) in [4.78, 5) is 11.8. The van der Waals surface area contributed by atoms with Gasteiger partial charge in [0.2, 0.25) is 5.95 Å². The van der Waals surface area contributed by atoms with E-state index in [9.17, 15) is 4.79 Å². The van der Waals surface area contributed by atoms with E-state index in [0.717, 1.165) is 5.56 Å². The molecular weight excluding hydrogens is 278 g/mol. The fourth-order valence-corrected chi connectivity index (χ4v) is 1.98. The summed E-state index contributed by atoms with van der Waals surface area (Å²) >= 11 is 0. The minimum atomic E-state index is -0.323. The Kier molecular flexibility index (Phi) is 4.10. The van der Waals surface area contributed by atoms with Crippen LogP contribution in [0.4, 0.5) is 10.7 Å². The molecule has 22 heavy (non-hydrogen) atoms. The third-order valence-electron chi connectivity index (χ3n) is 3.03. The highest BCUT2D eigenvalue weighted by Gasteiger charge is 2.07. The molecule has 0 unspecified atom stereocenters. The van der Waals surface area contributed by atoms with E-state index in [2.05, 4.69) is 20.8 Å². The van der Waals surface area contributed by atoms with Crippen molar-refractivity contribution in [3.05, 3.63) is 66.4 Å². The first kappa shape index (κ1) is 13.8. The van der Waals surface area contributed by atoms with E-state index in [-0.39, 0.29) is 6.03 Å². The second kappa shape index (κ2) is 6.53. The molecule has 110 valence electrons. The molecule has 0 saturated carbocycles. The average Bonchev–Trinajstić information content (AvgIpc) is 2.96. The Morgan fingerprint density at radius 3 is 2.77 bits per heavy atom. The van der Waals surface area contributed by atoms with Crippen LogP contribution in [0, 0.1) is 0 Å². The zero-order valence-electron chi connectivity index (χ0n) is 11.8. The Morgan fingerprint density at radius 1 is 1.09 bits per heavy atom. The summed E-state index contributed by atoms with van der Waals surface area (Å²) < 4.78 is 1.71. The molecule has 0 aliphatic carbocycles. The largest absolute Gasteiger partial charge is 0.334 e. The van der Waals surface area contributed by atoms with E-state index in [4.69, 9.17) is 0 Å². The van der Waals surface area contributed by atoms with E-state index < -0.39 is 0 Å². The number of carbonyl (C=O) groups is 1. The summed E-state index contributed by atoms with van der Waals surface area (Å²) in [5.41, 5.74) is 1.77. The molecule has 2 N–H and O–H groups in total. The number of hydrogen-bond acceptors (Lipinski definition) is 3. The van der Waals surface area contributed by atoms with Crippen LogP contribution in [-0.4, -0.2) is 27.2 Å². The molecule has 0 aliphatic rings. The van der Waals surface area contributed by atoms with Crippen LogP contribution in [0.5, 0.6) is 0 Å². The van der Waals surface area contributed by atoms with Crippen LogP contribution < -0.4 is 10.6 Å². The number of rotatable bonds is 4. The summed E-state index contributed by atoms with van der Waals surface area (Å²) in [6, 6.07) is 15.1. The fraction of sp³-hybridized carbons (Fsp3) is 0.0625. The number of fused-ring (bicyclic) bond motifs is 1. The molecule has 0 bridgehead atoms. The summed E-state index contributed by atoms with van der Waals surface area (Å²) in [6.07, 6.45) is 5.63. The van der Waals surface area contributed by atoms with Gasteiger partial charge >= 0.3 is 6.03 Å². The van der Waals surface area contributed by atoms with Gasteiger partial charge in [0, 0.05) is 12.7 Å². The van der Waals surface area contributed by atoms with E-state index in [1.165, 1.54) is 0 Å². The van der Waals surface area contributed by atoms with Gasteiger partial charge in [0.05, 0.1) is 0 Å². The van der Waals surface area contributed by atoms with Crippen LogP contribution in [-0.2, 0) is 0 Å². The smallest absolute Gasteiger partial charge is 0.321 e. The first-order valence-corrected chi connectivity index (χ1v) is 6.89. The quantitative estimate of drug-likeness (QED) is 0.776. The number of aromatic nitrogens is 3. The molecule has 2 heterocycles. The van der Waals surface area contributed by atoms with E-state index in [1.807, 2.05) is 60.7 Å². The fourth-order valence-electron chi connectivity index (χ4n) is 1.98. The molecule has 0 aliphatic heterocycles. The summed E-state index contributed by atoms with van der Waals surface area (Å²) in [5.74, 6) is 0.389. The van der Waals surface area contributed by atoms with Crippen LogP contribution >= 0.6 is 0 Å². The lowest BCUT2D eigenvalue weighted by Crippen LogP contribution is -2.29.